The molecule has 1 aliphatic heterocycles. The largest absolute Gasteiger partial charge is 0.870 e. The van der Waals surface area contributed by atoms with Gasteiger partial charge in [0.25, 0.3) is 0 Å². The average molecular weight is 638 g/mol. The molecule has 3 aromatic rings. The lowest BCUT2D eigenvalue weighted by molar-refractivity contribution is -0.377. The molecular formula is C31H32Cl2F2N2O6. The number of nitrogens with zero attached hydrogens (tertiary/aromatic N) is 1. The van der Waals surface area contributed by atoms with Gasteiger partial charge in [-0.3, -0.25) is 14.5 Å². The van der Waals surface area contributed by atoms with Gasteiger partial charge < -0.3 is 19.7 Å². The SMILES string of the molecule is O=C(CN1CCC[C@H]1C(=O)O[C@@H](Cc1c(Cl)c[nH+]cc1Cl)c1ccc(OC(F)F)c(OCC2CC2)c1)c1ccccc1.[OH-]. The number of alkyl halides is 2. The zero-order valence-corrected chi connectivity index (χ0v) is 24.7. The van der Waals surface area contributed by atoms with Gasteiger partial charge in [-0.2, -0.15) is 8.78 Å². The van der Waals surface area contributed by atoms with Crippen molar-refractivity contribution in [1.29, 1.82) is 0 Å². The van der Waals surface area contributed by atoms with Crippen LogP contribution in [-0.4, -0.2) is 54.5 Å². The number of carbonyl (C=O) groups excluding carboxylic acids is 2. The maximum absolute atomic E-state index is 13.6. The maximum atomic E-state index is 13.6. The summed E-state index contributed by atoms with van der Waals surface area (Å²) >= 11 is 12.9. The lowest BCUT2D eigenvalue weighted by Gasteiger charge is -2.26. The van der Waals surface area contributed by atoms with Crippen molar-refractivity contribution in [3.8, 4) is 11.5 Å². The van der Waals surface area contributed by atoms with Gasteiger partial charge in [0.15, 0.2) is 29.7 Å². The Morgan fingerprint density at radius 1 is 1.00 bits per heavy atom. The van der Waals surface area contributed by atoms with E-state index in [9.17, 15) is 18.4 Å². The van der Waals surface area contributed by atoms with Gasteiger partial charge in [0, 0.05) is 17.5 Å². The number of Topliss-reactive ketones (excluding diaryl/α,β-unsaturated/α-hetero) is 1. The highest BCUT2D eigenvalue weighted by atomic mass is 35.5. The first-order chi connectivity index (χ1) is 20.3. The Morgan fingerprint density at radius 3 is 2.40 bits per heavy atom. The van der Waals surface area contributed by atoms with E-state index in [2.05, 4.69) is 9.72 Å². The third-order valence-corrected chi connectivity index (χ3v) is 8.12. The Morgan fingerprint density at radius 2 is 1.72 bits per heavy atom. The van der Waals surface area contributed by atoms with Crippen molar-refractivity contribution in [3.05, 3.63) is 87.7 Å². The first-order valence-electron chi connectivity index (χ1n) is 13.9. The molecular weight excluding hydrogens is 605 g/mol. The van der Waals surface area contributed by atoms with Crippen molar-refractivity contribution in [3.63, 3.8) is 0 Å². The number of likely N-dealkylation sites (tertiary alicyclic amines) is 1. The number of H-pyrrole nitrogens is 1. The second-order valence-electron chi connectivity index (χ2n) is 10.5. The predicted molar refractivity (Wildman–Crippen MR) is 154 cm³/mol. The molecule has 2 fully saturated rings. The maximum Gasteiger partial charge on any atom is 0.387 e. The van der Waals surface area contributed by atoms with E-state index in [1.54, 1.807) is 48.8 Å². The van der Waals surface area contributed by atoms with Crippen LogP contribution in [0.25, 0.3) is 0 Å². The smallest absolute Gasteiger partial charge is 0.387 e. The number of ether oxygens (including phenoxy) is 3. The number of rotatable bonds is 13. The van der Waals surface area contributed by atoms with Crippen LogP contribution in [0.2, 0.25) is 10.0 Å². The second kappa shape index (κ2) is 14.9. The monoisotopic (exact) mass is 636 g/mol. The molecule has 0 bridgehead atoms. The Labute approximate surface area is 258 Å². The number of benzene rings is 2. The Hall–Kier alpha value is -3.31. The highest BCUT2D eigenvalue weighted by Crippen LogP contribution is 2.38. The molecule has 0 amide bonds. The van der Waals surface area contributed by atoms with Crippen LogP contribution in [0.1, 0.15) is 53.3 Å². The van der Waals surface area contributed by atoms with E-state index in [0.29, 0.717) is 52.2 Å². The van der Waals surface area contributed by atoms with Gasteiger partial charge in [-0.1, -0.05) is 59.6 Å². The molecule has 2 N–H and O–H groups in total. The van der Waals surface area contributed by atoms with Gasteiger partial charge in [0.2, 0.25) is 0 Å². The van der Waals surface area contributed by atoms with Crippen LogP contribution in [0.5, 0.6) is 11.5 Å². The number of aromatic nitrogens is 1. The van der Waals surface area contributed by atoms with Crippen LogP contribution >= 0.6 is 23.2 Å². The third-order valence-electron chi connectivity index (χ3n) is 7.45. The summed E-state index contributed by atoms with van der Waals surface area (Å²) in [5.74, 6) is -0.187. The zero-order chi connectivity index (χ0) is 29.6. The van der Waals surface area contributed by atoms with Crippen molar-refractivity contribution in [2.75, 3.05) is 19.7 Å². The Kier molecular flexibility index (Phi) is 11.3. The molecule has 1 aromatic heterocycles. The van der Waals surface area contributed by atoms with Crippen LogP contribution in [0.4, 0.5) is 8.78 Å². The van der Waals surface area contributed by atoms with E-state index in [1.807, 2.05) is 11.0 Å². The van der Waals surface area contributed by atoms with Crippen molar-refractivity contribution >= 4 is 35.0 Å². The molecule has 2 atom stereocenters. The molecule has 0 spiro atoms. The molecule has 0 radical (unpaired) electrons. The molecule has 2 heterocycles. The predicted octanol–water partition coefficient (Wildman–Crippen LogP) is 6.20. The molecule has 0 unspecified atom stereocenters. The number of ketones is 1. The number of halogens is 4. The molecule has 2 aliphatic rings. The van der Waals surface area contributed by atoms with Crippen molar-refractivity contribution in [2.45, 2.75) is 50.9 Å². The number of hydrogen-bond donors (Lipinski definition) is 0. The number of pyridine rings is 1. The van der Waals surface area contributed by atoms with Crippen molar-refractivity contribution in [2.24, 2.45) is 5.92 Å². The molecule has 1 saturated carbocycles. The minimum atomic E-state index is -3.03. The van der Waals surface area contributed by atoms with Gasteiger partial charge >= 0.3 is 12.6 Å². The van der Waals surface area contributed by atoms with Crippen molar-refractivity contribution < 1.29 is 43.0 Å². The van der Waals surface area contributed by atoms with E-state index >= 15 is 0 Å². The summed E-state index contributed by atoms with van der Waals surface area (Å²) in [4.78, 5) is 31.2. The first-order valence-corrected chi connectivity index (χ1v) is 14.6. The van der Waals surface area contributed by atoms with Crippen LogP contribution in [-0.2, 0) is 16.0 Å². The van der Waals surface area contributed by atoms with Gasteiger partial charge in [-0.15, -0.1) is 0 Å². The number of esters is 1. The average Bonchev–Trinajstić information content (AvgIpc) is 3.69. The summed E-state index contributed by atoms with van der Waals surface area (Å²) in [6.07, 6.45) is 5.66. The highest BCUT2D eigenvalue weighted by Gasteiger charge is 2.35. The minimum absolute atomic E-state index is 0. The number of nitrogens with one attached hydrogen (secondary N) is 1. The van der Waals surface area contributed by atoms with Gasteiger partial charge in [-0.05, 0) is 55.8 Å². The summed E-state index contributed by atoms with van der Waals surface area (Å²) in [6.45, 7) is -2.00. The summed E-state index contributed by atoms with van der Waals surface area (Å²) in [7, 11) is 0. The van der Waals surface area contributed by atoms with E-state index in [4.69, 9.17) is 32.7 Å². The van der Waals surface area contributed by atoms with E-state index in [0.717, 1.165) is 19.3 Å². The molecule has 1 aliphatic carbocycles. The molecule has 2 aromatic carbocycles. The Balaban J connectivity index is 0.00000423. The van der Waals surface area contributed by atoms with Crippen LogP contribution in [0, 0.1) is 5.92 Å². The van der Waals surface area contributed by atoms with E-state index < -0.39 is 24.7 Å². The van der Waals surface area contributed by atoms with Crippen molar-refractivity contribution in [1.82, 2.24) is 4.90 Å². The summed E-state index contributed by atoms with van der Waals surface area (Å²) in [5.41, 5.74) is 1.62. The minimum Gasteiger partial charge on any atom is -0.870 e. The number of hydrogen-bond acceptors (Lipinski definition) is 7. The van der Waals surface area contributed by atoms with Gasteiger partial charge in [0.05, 0.1) is 13.2 Å². The number of aromatic amines is 1. The van der Waals surface area contributed by atoms with E-state index in [1.165, 1.54) is 6.07 Å². The highest BCUT2D eigenvalue weighted by molar-refractivity contribution is 6.35. The van der Waals surface area contributed by atoms with Crippen LogP contribution < -0.4 is 14.5 Å². The normalized spacial score (nSPS) is 17.3. The molecule has 8 nitrogen and oxygen atoms in total. The molecule has 5 rings (SSSR count). The second-order valence-corrected chi connectivity index (χ2v) is 11.3. The number of carbonyl (C=O) groups is 2. The summed E-state index contributed by atoms with van der Waals surface area (Å²) in [6, 6.07) is 12.8. The zero-order valence-electron chi connectivity index (χ0n) is 23.2. The lowest BCUT2D eigenvalue weighted by atomic mass is 10.0. The fraction of sp³-hybridized carbons (Fsp3) is 0.387. The molecule has 230 valence electrons. The third kappa shape index (κ3) is 8.63. The fourth-order valence-corrected chi connectivity index (χ4v) is 5.54. The van der Waals surface area contributed by atoms with Gasteiger partial charge in [-0.25, -0.2) is 4.98 Å². The van der Waals surface area contributed by atoms with Crippen LogP contribution in [0.3, 0.4) is 0 Å². The quantitative estimate of drug-likeness (QED) is 0.162. The van der Waals surface area contributed by atoms with Gasteiger partial charge in [0.1, 0.15) is 22.2 Å². The molecule has 12 heteroatoms. The molecule has 43 heavy (non-hydrogen) atoms. The Bertz CT molecular complexity index is 1390. The summed E-state index contributed by atoms with van der Waals surface area (Å²) < 4.78 is 42.9. The standard InChI is InChI=1S/C31H30Cl2F2N2O5.H2O/c32-23-15-36-16-24(33)22(23)14-28(21-10-11-27(42-31(34)35)29(13-21)40-18-19-8-9-19)41-30(39)25-7-4-12-37(25)17-26(38)20-5-2-1-3-6-20;/h1-3,5-6,10-11,13,15-16,19,25,28,31H,4,7-9,12,14,17-18H2;1H2/t25-,28-;/m0./s1. The fourth-order valence-electron chi connectivity index (χ4n) is 5.01. The summed E-state index contributed by atoms with van der Waals surface area (Å²) in [5, 5.41) is 0.699. The molecule has 1 saturated heterocycles. The van der Waals surface area contributed by atoms with E-state index in [-0.39, 0.29) is 35.7 Å². The lowest BCUT2D eigenvalue weighted by Crippen LogP contribution is -2.40. The van der Waals surface area contributed by atoms with Crippen LogP contribution in [0.15, 0.2) is 60.9 Å². The topological polar surface area (TPSA) is 109 Å². The first kappa shape index (κ1) is 32.6.